The predicted molar refractivity (Wildman–Crippen MR) is 92.4 cm³/mol. The van der Waals surface area contributed by atoms with Crippen LogP contribution in [0.15, 0.2) is 18.2 Å². The van der Waals surface area contributed by atoms with Crippen molar-refractivity contribution < 1.29 is 9.53 Å². The summed E-state index contributed by atoms with van der Waals surface area (Å²) in [7, 11) is 0. The molecule has 0 spiro atoms. The topological polar surface area (TPSA) is 50.4 Å². The lowest BCUT2D eigenvalue weighted by molar-refractivity contribution is -0.122. The summed E-state index contributed by atoms with van der Waals surface area (Å²) in [6.45, 7) is 4.33. The Kier molecular flexibility index (Phi) is 8.33. The van der Waals surface area contributed by atoms with Crippen molar-refractivity contribution in [3.05, 3.63) is 28.2 Å². The van der Waals surface area contributed by atoms with Crippen LogP contribution in [0.3, 0.4) is 0 Å². The maximum atomic E-state index is 11.9. The summed E-state index contributed by atoms with van der Waals surface area (Å²) in [6.07, 6.45) is 1.28. The van der Waals surface area contributed by atoms with Crippen LogP contribution in [0.5, 0.6) is 5.75 Å². The van der Waals surface area contributed by atoms with Crippen molar-refractivity contribution in [3.8, 4) is 5.75 Å². The lowest BCUT2D eigenvalue weighted by Gasteiger charge is -2.30. The smallest absolute Gasteiger partial charge is 0.223 e. The van der Waals surface area contributed by atoms with Gasteiger partial charge in [0.1, 0.15) is 5.75 Å². The molecule has 22 heavy (non-hydrogen) atoms. The maximum absolute atomic E-state index is 11.9. The van der Waals surface area contributed by atoms with Crippen LogP contribution < -0.4 is 15.4 Å². The summed E-state index contributed by atoms with van der Waals surface area (Å²) < 4.78 is 5.51. The van der Waals surface area contributed by atoms with Crippen LogP contribution in [0, 0.1) is 5.92 Å². The molecule has 2 atom stereocenters. The van der Waals surface area contributed by atoms with Gasteiger partial charge in [0.15, 0.2) is 0 Å². The van der Waals surface area contributed by atoms with Gasteiger partial charge in [-0.2, -0.15) is 0 Å². The third-order valence-corrected chi connectivity index (χ3v) is 4.14. The first-order valence-electron chi connectivity index (χ1n) is 7.14. The van der Waals surface area contributed by atoms with Crippen molar-refractivity contribution in [1.82, 2.24) is 10.6 Å². The van der Waals surface area contributed by atoms with Gasteiger partial charge < -0.3 is 15.4 Å². The van der Waals surface area contributed by atoms with E-state index in [0.717, 1.165) is 19.5 Å². The van der Waals surface area contributed by atoms with Crippen LogP contribution in [0.4, 0.5) is 0 Å². The van der Waals surface area contributed by atoms with Crippen LogP contribution >= 0.6 is 35.6 Å². The number of amides is 1. The summed E-state index contributed by atoms with van der Waals surface area (Å²) in [6, 6.07) is 5.28. The fraction of sp³-hybridized carbons (Fsp3) is 0.533. The van der Waals surface area contributed by atoms with E-state index in [1.807, 2.05) is 0 Å². The first kappa shape index (κ1) is 19.4. The number of halogens is 3. The van der Waals surface area contributed by atoms with Gasteiger partial charge in [-0.05, 0) is 43.6 Å². The second kappa shape index (κ2) is 9.46. The van der Waals surface area contributed by atoms with E-state index in [1.165, 1.54) is 0 Å². The van der Waals surface area contributed by atoms with Crippen LogP contribution in [0.1, 0.15) is 19.8 Å². The van der Waals surface area contributed by atoms with E-state index >= 15 is 0 Å². The normalized spacial score (nSPS) is 20.9. The van der Waals surface area contributed by atoms with Crippen molar-refractivity contribution in [1.29, 1.82) is 0 Å². The summed E-state index contributed by atoms with van der Waals surface area (Å²) in [5.74, 6) is 1.01. The molecule has 7 heteroatoms. The Labute approximate surface area is 147 Å². The molecule has 124 valence electrons. The van der Waals surface area contributed by atoms with Gasteiger partial charge >= 0.3 is 0 Å². The molecule has 0 radical (unpaired) electrons. The third-order valence-electron chi connectivity index (χ3n) is 3.61. The number of benzene rings is 1. The molecule has 2 unspecified atom stereocenters. The monoisotopic (exact) mass is 366 g/mol. The molecule has 1 aromatic rings. The molecule has 1 aromatic carbocycles. The van der Waals surface area contributed by atoms with Crippen LogP contribution in [-0.2, 0) is 4.79 Å². The van der Waals surface area contributed by atoms with Crippen LogP contribution in [0.25, 0.3) is 0 Å². The molecular weight excluding hydrogens is 347 g/mol. The van der Waals surface area contributed by atoms with Crippen molar-refractivity contribution in [2.45, 2.75) is 25.8 Å². The number of hydrogen-bond acceptors (Lipinski definition) is 3. The second-order valence-electron chi connectivity index (χ2n) is 5.32. The number of carbonyl (C=O) groups excluding carboxylic acids is 1. The average Bonchev–Trinajstić information content (AvgIpc) is 2.44. The third kappa shape index (κ3) is 5.84. The minimum atomic E-state index is 0. The quantitative estimate of drug-likeness (QED) is 0.839. The highest BCUT2D eigenvalue weighted by Gasteiger charge is 2.22. The van der Waals surface area contributed by atoms with Gasteiger partial charge in [0.25, 0.3) is 0 Å². The zero-order chi connectivity index (χ0) is 15.2. The Hall–Kier alpha value is -0.680. The fourth-order valence-corrected chi connectivity index (χ4v) is 2.82. The molecule has 0 aliphatic carbocycles. The standard InChI is InChI=1S/C15H20Cl2N2O2.ClH/c1-10-9-18-6-4-13(10)19-15(20)5-7-21-14-3-2-11(16)8-12(14)17;/h2-3,8,10,13,18H,4-7,9H2,1H3,(H,19,20);1H. The van der Waals surface area contributed by atoms with Crippen LogP contribution in [0.2, 0.25) is 10.0 Å². The van der Waals surface area contributed by atoms with E-state index in [2.05, 4.69) is 17.6 Å². The molecule has 0 aromatic heterocycles. The van der Waals surface area contributed by atoms with Gasteiger partial charge in [-0.25, -0.2) is 0 Å². The average molecular weight is 368 g/mol. The van der Waals surface area contributed by atoms with E-state index < -0.39 is 0 Å². The van der Waals surface area contributed by atoms with E-state index in [0.29, 0.717) is 34.7 Å². The van der Waals surface area contributed by atoms with E-state index in [-0.39, 0.29) is 24.4 Å². The Morgan fingerprint density at radius 2 is 2.23 bits per heavy atom. The molecule has 1 amide bonds. The number of carbonyl (C=O) groups is 1. The van der Waals surface area contributed by atoms with Crippen molar-refractivity contribution in [2.75, 3.05) is 19.7 Å². The lowest BCUT2D eigenvalue weighted by atomic mass is 9.95. The highest BCUT2D eigenvalue weighted by Crippen LogP contribution is 2.27. The van der Waals surface area contributed by atoms with Crippen LogP contribution in [-0.4, -0.2) is 31.6 Å². The molecule has 4 nitrogen and oxygen atoms in total. The van der Waals surface area contributed by atoms with E-state index in [9.17, 15) is 4.79 Å². The van der Waals surface area contributed by atoms with E-state index in [1.54, 1.807) is 18.2 Å². The Morgan fingerprint density at radius 1 is 1.45 bits per heavy atom. The van der Waals surface area contributed by atoms with Gasteiger partial charge in [-0.15, -0.1) is 12.4 Å². The number of piperidine rings is 1. The Balaban J connectivity index is 0.00000242. The SMILES string of the molecule is CC1CNCCC1NC(=O)CCOc1ccc(Cl)cc1Cl.Cl. The highest BCUT2D eigenvalue weighted by molar-refractivity contribution is 6.35. The first-order valence-corrected chi connectivity index (χ1v) is 7.90. The van der Waals surface area contributed by atoms with Gasteiger partial charge in [0.2, 0.25) is 5.91 Å². The molecule has 1 heterocycles. The maximum Gasteiger partial charge on any atom is 0.223 e. The molecule has 2 N–H and O–H groups in total. The number of nitrogens with one attached hydrogen (secondary N) is 2. The Bertz CT molecular complexity index is 500. The minimum absolute atomic E-state index is 0. The number of rotatable bonds is 5. The van der Waals surface area contributed by atoms with Crippen molar-refractivity contribution >= 4 is 41.5 Å². The molecule has 0 bridgehead atoms. The van der Waals surface area contributed by atoms with E-state index in [4.69, 9.17) is 27.9 Å². The minimum Gasteiger partial charge on any atom is -0.491 e. The Morgan fingerprint density at radius 3 is 2.91 bits per heavy atom. The van der Waals surface area contributed by atoms with Gasteiger partial charge in [0, 0.05) is 11.1 Å². The zero-order valence-corrected chi connectivity index (χ0v) is 14.7. The number of hydrogen-bond donors (Lipinski definition) is 2. The molecule has 1 aliphatic rings. The molecular formula is C15H21Cl3N2O2. The van der Waals surface area contributed by atoms with Crippen molar-refractivity contribution in [2.24, 2.45) is 5.92 Å². The largest absolute Gasteiger partial charge is 0.491 e. The van der Waals surface area contributed by atoms with Gasteiger partial charge in [-0.3, -0.25) is 4.79 Å². The number of ether oxygens (including phenoxy) is 1. The molecule has 2 rings (SSSR count). The molecule has 1 saturated heterocycles. The molecule has 0 saturated carbocycles. The van der Waals surface area contributed by atoms with Gasteiger partial charge in [0.05, 0.1) is 18.1 Å². The summed E-state index contributed by atoms with van der Waals surface area (Å²) in [4.78, 5) is 11.9. The molecule has 1 aliphatic heterocycles. The summed E-state index contributed by atoms with van der Waals surface area (Å²) in [5.41, 5.74) is 0. The summed E-state index contributed by atoms with van der Waals surface area (Å²) in [5, 5.41) is 7.39. The predicted octanol–water partition coefficient (Wildman–Crippen LogP) is 3.30. The molecule has 1 fully saturated rings. The fourth-order valence-electron chi connectivity index (χ4n) is 2.35. The summed E-state index contributed by atoms with van der Waals surface area (Å²) >= 11 is 11.8. The zero-order valence-electron chi connectivity index (χ0n) is 12.4. The first-order chi connectivity index (χ1) is 10.1. The lowest BCUT2D eigenvalue weighted by Crippen LogP contribution is -2.48. The highest BCUT2D eigenvalue weighted by atomic mass is 35.5. The second-order valence-corrected chi connectivity index (χ2v) is 6.16. The van der Waals surface area contributed by atoms with Gasteiger partial charge in [-0.1, -0.05) is 30.1 Å². The van der Waals surface area contributed by atoms with Crippen molar-refractivity contribution in [3.63, 3.8) is 0 Å².